The molecule has 2 aromatic rings. The van der Waals surface area contributed by atoms with Crippen LogP contribution in [-0.2, 0) is 0 Å². The largest absolute Gasteiger partial charge is 0.342 e. The molecule has 3 rings (SSSR count). The lowest BCUT2D eigenvalue weighted by molar-refractivity contribution is 0.0930. The Bertz CT molecular complexity index is 643. The molecule has 2 heterocycles. The summed E-state index contributed by atoms with van der Waals surface area (Å²) in [5, 5.41) is 10.8. The van der Waals surface area contributed by atoms with Gasteiger partial charge < -0.3 is 5.32 Å². The van der Waals surface area contributed by atoms with E-state index in [1.165, 1.54) is 0 Å². The van der Waals surface area contributed by atoms with E-state index < -0.39 is 0 Å². The van der Waals surface area contributed by atoms with Crippen molar-refractivity contribution in [2.24, 2.45) is 0 Å². The van der Waals surface area contributed by atoms with E-state index in [9.17, 15) is 4.79 Å². The van der Waals surface area contributed by atoms with Gasteiger partial charge in [0.25, 0.3) is 5.91 Å². The van der Waals surface area contributed by atoms with Crippen molar-refractivity contribution < 1.29 is 4.79 Å². The number of hydrogen-bond acceptors (Lipinski definition) is 5. The number of carbonyl (C=O) groups excluding carboxylic acids is 1. The summed E-state index contributed by atoms with van der Waals surface area (Å²) in [6, 6.07) is -0.0865. The van der Waals surface area contributed by atoms with Crippen LogP contribution in [0.15, 0.2) is 0 Å². The van der Waals surface area contributed by atoms with Gasteiger partial charge in [-0.15, -0.1) is 16.4 Å². The Hall–Kier alpha value is -1.76. The van der Waals surface area contributed by atoms with Crippen LogP contribution in [0.5, 0.6) is 0 Å². The van der Waals surface area contributed by atoms with Crippen LogP contribution in [0, 0.1) is 13.8 Å². The Labute approximate surface area is 121 Å². The lowest BCUT2D eigenvalue weighted by Crippen LogP contribution is -2.27. The highest BCUT2D eigenvalue weighted by Crippen LogP contribution is 2.37. The average Bonchev–Trinajstić information content (AvgIpc) is 3.02. The SMILES string of the molecule is Cc1nc(C)c(C(C)NC(=O)c2n[nH]c(C3CC3)n2)s1. The standard InChI is InChI=1S/C13H17N5OS/c1-6-10(20-8(3)14-6)7(2)15-13(19)12-16-11(17-18-12)9-4-5-9/h7,9H,4-5H2,1-3H3,(H,15,19)(H,16,17,18). The van der Waals surface area contributed by atoms with Gasteiger partial charge in [-0.2, -0.15) is 0 Å². The zero-order chi connectivity index (χ0) is 14.3. The fourth-order valence-electron chi connectivity index (χ4n) is 2.19. The first-order valence-corrected chi connectivity index (χ1v) is 7.53. The molecule has 0 radical (unpaired) electrons. The van der Waals surface area contributed by atoms with Gasteiger partial charge in [0.2, 0.25) is 5.82 Å². The van der Waals surface area contributed by atoms with Gasteiger partial charge in [-0.3, -0.25) is 9.89 Å². The van der Waals surface area contributed by atoms with E-state index >= 15 is 0 Å². The number of hydrogen-bond donors (Lipinski definition) is 2. The molecule has 1 saturated carbocycles. The van der Waals surface area contributed by atoms with Crippen molar-refractivity contribution >= 4 is 17.2 Å². The van der Waals surface area contributed by atoms with E-state index in [2.05, 4.69) is 25.5 Å². The number of aromatic nitrogens is 4. The van der Waals surface area contributed by atoms with Gasteiger partial charge in [0, 0.05) is 10.8 Å². The molecule has 0 aromatic carbocycles. The highest BCUT2D eigenvalue weighted by atomic mass is 32.1. The predicted molar refractivity (Wildman–Crippen MR) is 75.8 cm³/mol. The van der Waals surface area contributed by atoms with Crippen molar-refractivity contribution in [2.75, 3.05) is 0 Å². The first-order valence-electron chi connectivity index (χ1n) is 6.71. The summed E-state index contributed by atoms with van der Waals surface area (Å²) in [6.07, 6.45) is 2.26. The molecule has 1 aliphatic rings. The Kier molecular flexibility index (Phi) is 3.29. The van der Waals surface area contributed by atoms with E-state index in [1.54, 1.807) is 11.3 Å². The van der Waals surface area contributed by atoms with Crippen molar-refractivity contribution in [3.05, 3.63) is 27.2 Å². The monoisotopic (exact) mass is 291 g/mol. The van der Waals surface area contributed by atoms with Gasteiger partial charge >= 0.3 is 0 Å². The maximum absolute atomic E-state index is 12.1. The Balaban J connectivity index is 1.69. The molecule has 0 aliphatic heterocycles. The van der Waals surface area contributed by atoms with E-state index in [-0.39, 0.29) is 17.8 Å². The number of thiazole rings is 1. The smallest absolute Gasteiger partial charge is 0.291 e. The first-order chi connectivity index (χ1) is 9.54. The number of carbonyl (C=O) groups is 1. The number of aromatic amines is 1. The second kappa shape index (κ2) is 4.97. The summed E-state index contributed by atoms with van der Waals surface area (Å²) in [7, 11) is 0. The van der Waals surface area contributed by atoms with E-state index in [1.807, 2.05) is 20.8 Å². The summed E-state index contributed by atoms with van der Waals surface area (Å²) in [6.45, 7) is 5.87. The normalized spacial score (nSPS) is 16.1. The lowest BCUT2D eigenvalue weighted by atomic mass is 10.2. The molecule has 1 atom stereocenters. The van der Waals surface area contributed by atoms with Gasteiger partial charge in [-0.1, -0.05) is 0 Å². The third kappa shape index (κ3) is 2.58. The maximum Gasteiger partial charge on any atom is 0.291 e. The molecule has 2 N–H and O–H groups in total. The van der Waals surface area contributed by atoms with Crippen LogP contribution in [0.25, 0.3) is 0 Å². The molecular formula is C13H17N5OS. The predicted octanol–water partition coefficient (Wildman–Crippen LogP) is 2.25. The van der Waals surface area contributed by atoms with Crippen molar-refractivity contribution in [1.82, 2.24) is 25.5 Å². The van der Waals surface area contributed by atoms with Gasteiger partial charge in [-0.25, -0.2) is 9.97 Å². The number of rotatable bonds is 4. The highest BCUT2D eigenvalue weighted by Gasteiger charge is 2.28. The second-order valence-electron chi connectivity index (χ2n) is 5.20. The van der Waals surface area contributed by atoms with Crippen LogP contribution in [0.1, 0.15) is 63.7 Å². The number of aryl methyl sites for hydroxylation is 2. The zero-order valence-corrected chi connectivity index (χ0v) is 12.5. The topological polar surface area (TPSA) is 83.6 Å². The second-order valence-corrected chi connectivity index (χ2v) is 6.43. The van der Waals surface area contributed by atoms with Gasteiger partial charge in [0.15, 0.2) is 0 Å². The van der Waals surface area contributed by atoms with Crippen LogP contribution >= 0.6 is 11.3 Å². The van der Waals surface area contributed by atoms with Crippen molar-refractivity contribution in [3.63, 3.8) is 0 Å². The molecular weight excluding hydrogens is 274 g/mol. The van der Waals surface area contributed by atoms with Gasteiger partial charge in [-0.05, 0) is 33.6 Å². The van der Waals surface area contributed by atoms with Crippen molar-refractivity contribution in [1.29, 1.82) is 0 Å². The summed E-state index contributed by atoms with van der Waals surface area (Å²) >= 11 is 1.61. The third-order valence-electron chi connectivity index (χ3n) is 3.35. The average molecular weight is 291 g/mol. The lowest BCUT2D eigenvalue weighted by Gasteiger charge is -2.11. The fraction of sp³-hybridized carbons (Fsp3) is 0.538. The number of nitrogens with one attached hydrogen (secondary N) is 2. The molecule has 1 aliphatic carbocycles. The molecule has 6 nitrogen and oxygen atoms in total. The van der Waals surface area contributed by atoms with Crippen LogP contribution < -0.4 is 5.32 Å². The van der Waals surface area contributed by atoms with E-state index in [0.29, 0.717) is 5.92 Å². The highest BCUT2D eigenvalue weighted by molar-refractivity contribution is 7.11. The van der Waals surface area contributed by atoms with Gasteiger partial charge in [0.05, 0.1) is 16.7 Å². The van der Waals surface area contributed by atoms with Crippen LogP contribution in [0.3, 0.4) is 0 Å². The van der Waals surface area contributed by atoms with Crippen molar-refractivity contribution in [2.45, 2.75) is 45.6 Å². The quantitative estimate of drug-likeness (QED) is 0.905. The number of amides is 1. The Morgan fingerprint density at radius 3 is 2.75 bits per heavy atom. The van der Waals surface area contributed by atoms with E-state index in [0.717, 1.165) is 34.2 Å². The molecule has 20 heavy (non-hydrogen) atoms. The fourth-order valence-corrected chi connectivity index (χ4v) is 3.12. The molecule has 0 spiro atoms. The summed E-state index contributed by atoms with van der Waals surface area (Å²) in [5.74, 6) is 1.27. The summed E-state index contributed by atoms with van der Waals surface area (Å²) < 4.78 is 0. The molecule has 1 amide bonds. The zero-order valence-electron chi connectivity index (χ0n) is 11.7. The minimum Gasteiger partial charge on any atom is -0.342 e. The summed E-state index contributed by atoms with van der Waals surface area (Å²) in [4.78, 5) is 21.8. The number of nitrogens with zero attached hydrogens (tertiary/aromatic N) is 3. The number of H-pyrrole nitrogens is 1. The van der Waals surface area contributed by atoms with Crippen LogP contribution in [-0.4, -0.2) is 26.1 Å². The van der Waals surface area contributed by atoms with E-state index in [4.69, 9.17) is 0 Å². The molecule has 0 saturated heterocycles. The molecule has 1 unspecified atom stereocenters. The molecule has 0 bridgehead atoms. The Morgan fingerprint density at radius 2 is 2.15 bits per heavy atom. The Morgan fingerprint density at radius 1 is 1.40 bits per heavy atom. The minimum absolute atomic E-state index is 0.0865. The minimum atomic E-state index is -0.244. The van der Waals surface area contributed by atoms with Gasteiger partial charge in [0.1, 0.15) is 5.82 Å². The molecule has 106 valence electrons. The molecule has 1 fully saturated rings. The summed E-state index contributed by atoms with van der Waals surface area (Å²) in [5.41, 5.74) is 0.967. The van der Waals surface area contributed by atoms with Crippen LogP contribution in [0.4, 0.5) is 0 Å². The third-order valence-corrected chi connectivity index (χ3v) is 4.61. The molecule has 7 heteroatoms. The maximum atomic E-state index is 12.1. The van der Waals surface area contributed by atoms with Crippen LogP contribution in [0.2, 0.25) is 0 Å². The van der Waals surface area contributed by atoms with Crippen molar-refractivity contribution in [3.8, 4) is 0 Å². The molecule has 2 aromatic heterocycles. The first kappa shape index (κ1) is 13.2.